The van der Waals surface area contributed by atoms with Gasteiger partial charge in [0.25, 0.3) is 0 Å². The third kappa shape index (κ3) is 2.07. The SMILES string of the molecule is NC1(c2cccc(C(F)(F)F)c2)CCCC1. The van der Waals surface area contributed by atoms with Crippen molar-refractivity contribution in [2.75, 3.05) is 0 Å². The van der Waals surface area contributed by atoms with E-state index in [2.05, 4.69) is 0 Å². The molecule has 0 saturated heterocycles. The minimum absolute atomic E-state index is 0.554. The minimum Gasteiger partial charge on any atom is -0.321 e. The smallest absolute Gasteiger partial charge is 0.321 e. The van der Waals surface area contributed by atoms with Crippen LogP contribution in [0.1, 0.15) is 36.8 Å². The van der Waals surface area contributed by atoms with Crippen LogP contribution in [0.3, 0.4) is 0 Å². The topological polar surface area (TPSA) is 26.0 Å². The molecule has 0 aliphatic heterocycles. The number of nitrogens with two attached hydrogens (primary N) is 1. The molecule has 4 heteroatoms. The zero-order chi connectivity index (χ0) is 11.8. The molecule has 0 atom stereocenters. The summed E-state index contributed by atoms with van der Waals surface area (Å²) in [7, 11) is 0. The summed E-state index contributed by atoms with van der Waals surface area (Å²) >= 11 is 0. The standard InChI is InChI=1S/C12H14F3N/c13-12(14,15)10-5-3-4-9(8-10)11(16)6-1-2-7-11/h3-5,8H,1-2,6-7,16H2. The van der Waals surface area contributed by atoms with E-state index >= 15 is 0 Å². The van der Waals surface area contributed by atoms with E-state index in [0.29, 0.717) is 5.56 Å². The van der Waals surface area contributed by atoms with Gasteiger partial charge in [0.05, 0.1) is 5.56 Å². The third-order valence-electron chi connectivity index (χ3n) is 3.26. The first-order valence-corrected chi connectivity index (χ1v) is 5.38. The largest absolute Gasteiger partial charge is 0.416 e. The fourth-order valence-electron chi connectivity index (χ4n) is 2.30. The molecule has 1 aliphatic rings. The summed E-state index contributed by atoms with van der Waals surface area (Å²) in [5.41, 5.74) is 5.57. The molecule has 0 radical (unpaired) electrons. The van der Waals surface area contributed by atoms with Gasteiger partial charge < -0.3 is 5.73 Å². The van der Waals surface area contributed by atoms with Gasteiger partial charge in [-0.2, -0.15) is 13.2 Å². The Morgan fingerprint density at radius 1 is 1.12 bits per heavy atom. The van der Waals surface area contributed by atoms with E-state index in [0.717, 1.165) is 31.7 Å². The van der Waals surface area contributed by atoms with E-state index in [1.54, 1.807) is 6.07 Å². The molecule has 1 nitrogen and oxygen atoms in total. The zero-order valence-electron chi connectivity index (χ0n) is 8.85. The first kappa shape index (κ1) is 11.5. The minimum atomic E-state index is -4.29. The average molecular weight is 229 g/mol. The van der Waals surface area contributed by atoms with Crippen molar-refractivity contribution in [3.8, 4) is 0 Å². The van der Waals surface area contributed by atoms with Gasteiger partial charge in [0.2, 0.25) is 0 Å². The molecule has 1 aliphatic carbocycles. The van der Waals surface area contributed by atoms with E-state index < -0.39 is 17.3 Å². The molecule has 1 saturated carbocycles. The molecule has 2 N–H and O–H groups in total. The Balaban J connectivity index is 2.36. The summed E-state index contributed by atoms with van der Waals surface area (Å²) in [5.74, 6) is 0. The molecule has 0 aromatic heterocycles. The van der Waals surface area contributed by atoms with Gasteiger partial charge in [0, 0.05) is 5.54 Å². The van der Waals surface area contributed by atoms with Gasteiger partial charge in [-0.15, -0.1) is 0 Å². The summed E-state index contributed by atoms with van der Waals surface area (Å²) in [5, 5.41) is 0. The Kier molecular flexibility index (Phi) is 2.70. The third-order valence-corrected chi connectivity index (χ3v) is 3.26. The van der Waals surface area contributed by atoms with Crippen LogP contribution < -0.4 is 5.73 Å². The van der Waals surface area contributed by atoms with Crippen molar-refractivity contribution in [2.24, 2.45) is 5.73 Å². The lowest BCUT2D eigenvalue weighted by Crippen LogP contribution is -2.33. The van der Waals surface area contributed by atoms with Crippen LogP contribution in [-0.4, -0.2) is 0 Å². The van der Waals surface area contributed by atoms with Crippen LogP contribution in [0.4, 0.5) is 13.2 Å². The second kappa shape index (κ2) is 3.77. The predicted octanol–water partition coefficient (Wildman–Crippen LogP) is 3.43. The van der Waals surface area contributed by atoms with E-state index in [1.165, 1.54) is 12.1 Å². The highest BCUT2D eigenvalue weighted by atomic mass is 19.4. The second-order valence-electron chi connectivity index (χ2n) is 4.44. The highest BCUT2D eigenvalue weighted by Gasteiger charge is 2.35. The maximum Gasteiger partial charge on any atom is 0.416 e. The van der Waals surface area contributed by atoms with Gasteiger partial charge in [0.1, 0.15) is 0 Å². The number of hydrogen-bond acceptors (Lipinski definition) is 1. The van der Waals surface area contributed by atoms with E-state index in [9.17, 15) is 13.2 Å². The molecule has 2 rings (SSSR count). The van der Waals surface area contributed by atoms with Crippen molar-refractivity contribution in [3.63, 3.8) is 0 Å². The molecule has 1 fully saturated rings. The Hall–Kier alpha value is -1.03. The molecular weight excluding hydrogens is 215 g/mol. The summed E-state index contributed by atoms with van der Waals surface area (Å²) in [6.45, 7) is 0. The number of rotatable bonds is 1. The van der Waals surface area contributed by atoms with Crippen LogP contribution in [0.15, 0.2) is 24.3 Å². The molecule has 1 aromatic rings. The quantitative estimate of drug-likeness (QED) is 0.784. The van der Waals surface area contributed by atoms with Crippen LogP contribution in [-0.2, 0) is 11.7 Å². The Bertz CT molecular complexity index is 378. The predicted molar refractivity (Wildman–Crippen MR) is 55.8 cm³/mol. The van der Waals surface area contributed by atoms with Gasteiger partial charge >= 0.3 is 6.18 Å². The second-order valence-corrected chi connectivity index (χ2v) is 4.44. The van der Waals surface area contributed by atoms with Crippen molar-refractivity contribution in [2.45, 2.75) is 37.4 Å². The lowest BCUT2D eigenvalue weighted by Gasteiger charge is -2.25. The van der Waals surface area contributed by atoms with Gasteiger partial charge in [-0.05, 0) is 30.5 Å². The van der Waals surface area contributed by atoms with Gasteiger partial charge in [-0.1, -0.05) is 25.0 Å². The summed E-state index contributed by atoms with van der Waals surface area (Å²) in [6, 6.07) is 5.40. The average Bonchev–Trinajstić information content (AvgIpc) is 2.66. The lowest BCUT2D eigenvalue weighted by atomic mass is 9.88. The van der Waals surface area contributed by atoms with Gasteiger partial charge in [-0.25, -0.2) is 0 Å². The number of benzene rings is 1. The molecule has 0 spiro atoms. The number of halogens is 3. The van der Waals surface area contributed by atoms with Crippen molar-refractivity contribution < 1.29 is 13.2 Å². The van der Waals surface area contributed by atoms with E-state index in [-0.39, 0.29) is 0 Å². The van der Waals surface area contributed by atoms with Crippen molar-refractivity contribution in [1.82, 2.24) is 0 Å². The Labute approximate surface area is 92.5 Å². The maximum atomic E-state index is 12.5. The molecule has 1 aromatic carbocycles. The molecule has 0 amide bonds. The highest BCUT2D eigenvalue weighted by molar-refractivity contribution is 5.31. The summed E-state index contributed by atoms with van der Waals surface area (Å²) in [6.07, 6.45) is -0.757. The fourth-order valence-corrected chi connectivity index (χ4v) is 2.30. The van der Waals surface area contributed by atoms with E-state index in [4.69, 9.17) is 5.73 Å². The summed E-state index contributed by atoms with van der Waals surface area (Å²) in [4.78, 5) is 0. The van der Waals surface area contributed by atoms with Crippen LogP contribution in [0.5, 0.6) is 0 Å². The fraction of sp³-hybridized carbons (Fsp3) is 0.500. The van der Waals surface area contributed by atoms with Crippen LogP contribution in [0.25, 0.3) is 0 Å². The summed E-state index contributed by atoms with van der Waals surface area (Å²) < 4.78 is 37.6. The lowest BCUT2D eigenvalue weighted by molar-refractivity contribution is -0.137. The van der Waals surface area contributed by atoms with Gasteiger partial charge in [0.15, 0.2) is 0 Å². The molecule has 0 heterocycles. The normalized spacial score (nSPS) is 20.0. The highest BCUT2D eigenvalue weighted by Crippen LogP contribution is 2.38. The first-order valence-electron chi connectivity index (χ1n) is 5.38. The monoisotopic (exact) mass is 229 g/mol. The number of hydrogen-bond donors (Lipinski definition) is 1. The Morgan fingerprint density at radius 3 is 2.31 bits per heavy atom. The van der Waals surface area contributed by atoms with Crippen LogP contribution >= 0.6 is 0 Å². The van der Waals surface area contributed by atoms with Gasteiger partial charge in [-0.3, -0.25) is 0 Å². The van der Waals surface area contributed by atoms with Crippen LogP contribution in [0.2, 0.25) is 0 Å². The number of alkyl halides is 3. The molecule has 16 heavy (non-hydrogen) atoms. The van der Waals surface area contributed by atoms with E-state index in [1.807, 2.05) is 0 Å². The van der Waals surface area contributed by atoms with Crippen molar-refractivity contribution in [3.05, 3.63) is 35.4 Å². The maximum absolute atomic E-state index is 12.5. The molecule has 0 unspecified atom stereocenters. The first-order chi connectivity index (χ1) is 7.42. The zero-order valence-corrected chi connectivity index (χ0v) is 8.85. The van der Waals surface area contributed by atoms with Crippen molar-refractivity contribution in [1.29, 1.82) is 0 Å². The molecule has 0 bridgehead atoms. The molecule has 88 valence electrons. The Morgan fingerprint density at radius 2 is 1.75 bits per heavy atom. The van der Waals surface area contributed by atoms with Crippen LogP contribution in [0, 0.1) is 0 Å². The van der Waals surface area contributed by atoms with Crippen molar-refractivity contribution >= 4 is 0 Å². The molecular formula is C12H14F3N.